The third-order valence-electron chi connectivity index (χ3n) is 3.00. The van der Waals surface area contributed by atoms with Crippen molar-refractivity contribution in [3.05, 3.63) is 45.6 Å². The molecule has 22 heavy (non-hydrogen) atoms. The average molecular weight is 318 g/mol. The van der Waals surface area contributed by atoms with Crippen molar-refractivity contribution in [2.45, 2.75) is 13.8 Å². The Morgan fingerprint density at radius 1 is 1.18 bits per heavy atom. The number of aryl methyl sites for hydroxylation is 2. The van der Waals surface area contributed by atoms with Crippen LogP contribution >= 0.6 is 11.3 Å². The highest BCUT2D eigenvalue weighted by molar-refractivity contribution is 7.13. The van der Waals surface area contributed by atoms with Crippen molar-refractivity contribution in [2.24, 2.45) is 0 Å². The highest BCUT2D eigenvalue weighted by Gasteiger charge is 2.11. The lowest BCUT2D eigenvalue weighted by molar-refractivity contribution is -0.115. The number of amides is 2. The van der Waals surface area contributed by atoms with E-state index in [9.17, 15) is 9.59 Å². The van der Waals surface area contributed by atoms with Gasteiger partial charge in [0.05, 0.1) is 24.2 Å². The fourth-order valence-corrected chi connectivity index (χ4v) is 2.70. The molecule has 2 rings (SSSR count). The van der Waals surface area contributed by atoms with Crippen molar-refractivity contribution >= 4 is 28.8 Å². The van der Waals surface area contributed by atoms with Gasteiger partial charge in [-0.3, -0.25) is 9.59 Å². The second-order valence-corrected chi connectivity index (χ2v) is 6.13. The van der Waals surface area contributed by atoms with Crippen LogP contribution in [0.2, 0.25) is 0 Å². The summed E-state index contributed by atoms with van der Waals surface area (Å²) in [6.45, 7) is 3.76. The van der Waals surface area contributed by atoms with E-state index in [4.69, 9.17) is 4.74 Å². The minimum absolute atomic E-state index is 0.0904. The van der Waals surface area contributed by atoms with Crippen molar-refractivity contribution in [1.82, 2.24) is 5.32 Å². The molecule has 0 radical (unpaired) electrons. The molecule has 0 bridgehead atoms. The molecule has 0 aliphatic heterocycles. The lowest BCUT2D eigenvalue weighted by Gasteiger charge is -2.11. The molecule has 2 aromatic rings. The van der Waals surface area contributed by atoms with Gasteiger partial charge in [-0.1, -0.05) is 6.07 Å². The molecule has 0 saturated carbocycles. The van der Waals surface area contributed by atoms with E-state index in [1.807, 2.05) is 32.0 Å². The Kier molecular flexibility index (Phi) is 5.16. The largest absolute Gasteiger partial charge is 0.495 e. The van der Waals surface area contributed by atoms with Gasteiger partial charge in [-0.25, -0.2) is 0 Å². The minimum Gasteiger partial charge on any atom is -0.495 e. The van der Waals surface area contributed by atoms with Crippen LogP contribution in [0.25, 0.3) is 0 Å². The molecule has 1 aromatic heterocycles. The third kappa shape index (κ3) is 4.08. The number of benzene rings is 1. The van der Waals surface area contributed by atoms with Crippen LogP contribution in [0.4, 0.5) is 5.69 Å². The maximum atomic E-state index is 12.0. The molecule has 1 heterocycles. The zero-order valence-corrected chi connectivity index (χ0v) is 13.5. The smallest absolute Gasteiger partial charge is 0.261 e. The molecule has 0 unspecified atom stereocenters. The Hall–Kier alpha value is -2.34. The van der Waals surface area contributed by atoms with E-state index in [2.05, 4.69) is 10.6 Å². The van der Waals surface area contributed by atoms with Crippen molar-refractivity contribution < 1.29 is 14.3 Å². The second-order valence-electron chi connectivity index (χ2n) is 4.84. The van der Waals surface area contributed by atoms with E-state index in [0.717, 1.165) is 10.4 Å². The molecule has 0 aliphatic rings. The highest BCUT2D eigenvalue weighted by atomic mass is 32.1. The molecule has 6 heteroatoms. The number of carbonyl (C=O) groups excluding carboxylic acids is 2. The lowest BCUT2D eigenvalue weighted by atomic mass is 10.2. The van der Waals surface area contributed by atoms with Crippen LogP contribution < -0.4 is 15.4 Å². The standard InChI is InChI=1S/C16H18N2O3S/c1-10-4-6-13(21-3)12(8-10)18-15(19)9-17-16(20)14-7-5-11(2)22-14/h4-8H,9H2,1-3H3,(H,17,20)(H,18,19). The Morgan fingerprint density at radius 3 is 2.59 bits per heavy atom. The van der Waals surface area contributed by atoms with Gasteiger partial charge in [-0.05, 0) is 43.7 Å². The van der Waals surface area contributed by atoms with Gasteiger partial charge >= 0.3 is 0 Å². The first kappa shape index (κ1) is 16.0. The maximum absolute atomic E-state index is 12.0. The van der Waals surface area contributed by atoms with Crippen LogP contribution in [-0.2, 0) is 4.79 Å². The zero-order chi connectivity index (χ0) is 16.1. The predicted octanol–water partition coefficient (Wildman–Crippen LogP) is 2.74. The SMILES string of the molecule is COc1ccc(C)cc1NC(=O)CNC(=O)c1ccc(C)s1. The van der Waals surface area contributed by atoms with E-state index in [0.29, 0.717) is 16.3 Å². The molecule has 0 saturated heterocycles. The number of carbonyl (C=O) groups is 2. The number of thiophene rings is 1. The number of ether oxygens (including phenoxy) is 1. The summed E-state index contributed by atoms with van der Waals surface area (Å²) in [4.78, 5) is 25.5. The van der Waals surface area contributed by atoms with Crippen molar-refractivity contribution in [1.29, 1.82) is 0 Å². The summed E-state index contributed by atoms with van der Waals surface area (Å²) >= 11 is 1.40. The van der Waals surface area contributed by atoms with E-state index in [1.165, 1.54) is 11.3 Å². The molecule has 116 valence electrons. The lowest BCUT2D eigenvalue weighted by Crippen LogP contribution is -2.32. The van der Waals surface area contributed by atoms with Gasteiger partial charge in [0.2, 0.25) is 5.91 Å². The van der Waals surface area contributed by atoms with Crippen molar-refractivity contribution in [3.8, 4) is 5.75 Å². The summed E-state index contributed by atoms with van der Waals surface area (Å²) in [5.41, 5.74) is 1.60. The molecule has 0 fully saturated rings. The summed E-state index contributed by atoms with van der Waals surface area (Å²) in [5, 5.41) is 5.34. The molecule has 0 aliphatic carbocycles. The summed E-state index contributed by atoms with van der Waals surface area (Å²) in [6, 6.07) is 9.13. The fraction of sp³-hybridized carbons (Fsp3) is 0.250. The van der Waals surface area contributed by atoms with Gasteiger partial charge in [-0.15, -0.1) is 11.3 Å². The van der Waals surface area contributed by atoms with Crippen molar-refractivity contribution in [3.63, 3.8) is 0 Å². The van der Waals surface area contributed by atoms with Crippen LogP contribution in [0.3, 0.4) is 0 Å². The molecule has 5 nitrogen and oxygen atoms in total. The second kappa shape index (κ2) is 7.09. The number of rotatable bonds is 5. The van der Waals surface area contributed by atoms with Gasteiger partial charge in [0.25, 0.3) is 5.91 Å². The zero-order valence-electron chi connectivity index (χ0n) is 12.7. The van der Waals surface area contributed by atoms with Crippen LogP contribution in [0.5, 0.6) is 5.75 Å². The molecule has 2 N–H and O–H groups in total. The number of hydrogen-bond acceptors (Lipinski definition) is 4. The number of methoxy groups -OCH3 is 1. The Morgan fingerprint density at radius 2 is 1.95 bits per heavy atom. The van der Waals surface area contributed by atoms with Crippen LogP contribution in [0.15, 0.2) is 30.3 Å². The first-order valence-corrected chi connectivity index (χ1v) is 7.60. The molecule has 0 atom stereocenters. The van der Waals surface area contributed by atoms with E-state index in [-0.39, 0.29) is 18.4 Å². The van der Waals surface area contributed by atoms with Crippen molar-refractivity contribution in [2.75, 3.05) is 19.0 Å². The van der Waals surface area contributed by atoms with E-state index >= 15 is 0 Å². The van der Waals surface area contributed by atoms with Gasteiger partial charge in [0.1, 0.15) is 5.75 Å². The highest BCUT2D eigenvalue weighted by Crippen LogP contribution is 2.24. The number of hydrogen-bond donors (Lipinski definition) is 2. The normalized spacial score (nSPS) is 10.1. The predicted molar refractivity (Wildman–Crippen MR) is 87.7 cm³/mol. The first-order chi connectivity index (χ1) is 10.5. The topological polar surface area (TPSA) is 67.4 Å². The maximum Gasteiger partial charge on any atom is 0.261 e. The van der Waals surface area contributed by atoms with Gasteiger partial charge < -0.3 is 15.4 Å². The molecule has 2 amide bonds. The third-order valence-corrected chi connectivity index (χ3v) is 4.00. The molecule has 1 aromatic carbocycles. The van der Waals surface area contributed by atoms with Gasteiger partial charge in [-0.2, -0.15) is 0 Å². The average Bonchev–Trinajstić information content (AvgIpc) is 2.92. The first-order valence-electron chi connectivity index (χ1n) is 6.78. The summed E-state index contributed by atoms with van der Waals surface area (Å²) < 4.78 is 5.20. The summed E-state index contributed by atoms with van der Waals surface area (Å²) in [6.07, 6.45) is 0. The number of nitrogens with one attached hydrogen (secondary N) is 2. The van der Waals surface area contributed by atoms with E-state index in [1.54, 1.807) is 19.2 Å². The summed E-state index contributed by atoms with van der Waals surface area (Å²) in [5.74, 6) is 0.0362. The van der Waals surface area contributed by atoms with Crippen LogP contribution in [0, 0.1) is 13.8 Å². The summed E-state index contributed by atoms with van der Waals surface area (Å²) in [7, 11) is 1.54. The monoisotopic (exact) mass is 318 g/mol. The molecular formula is C16H18N2O3S. The van der Waals surface area contributed by atoms with E-state index < -0.39 is 0 Å². The minimum atomic E-state index is -0.300. The van der Waals surface area contributed by atoms with Crippen LogP contribution in [0.1, 0.15) is 20.1 Å². The Bertz CT molecular complexity index is 694. The van der Waals surface area contributed by atoms with Crippen LogP contribution in [-0.4, -0.2) is 25.5 Å². The van der Waals surface area contributed by atoms with Gasteiger partial charge in [0, 0.05) is 4.88 Å². The molecular weight excluding hydrogens is 300 g/mol. The Labute approximate surface area is 133 Å². The molecule has 0 spiro atoms. The number of anilines is 1. The van der Waals surface area contributed by atoms with Gasteiger partial charge in [0.15, 0.2) is 0 Å². The Balaban J connectivity index is 1.93. The quantitative estimate of drug-likeness (QED) is 0.891. The fourth-order valence-electron chi connectivity index (χ4n) is 1.92.